The highest BCUT2D eigenvalue weighted by atomic mass is 16.4. The van der Waals surface area contributed by atoms with Gasteiger partial charge >= 0.3 is 5.97 Å². The average molecular weight is 340 g/mol. The second kappa shape index (κ2) is 10.4. The molecule has 0 atom stereocenters. The lowest BCUT2D eigenvalue weighted by molar-refractivity contribution is -0.112. The Morgan fingerprint density at radius 3 is 1.60 bits per heavy atom. The number of carboxylic acid groups (broad SMARTS) is 1. The van der Waals surface area contributed by atoms with E-state index in [1.807, 2.05) is 13.8 Å². The molecule has 3 N–H and O–H groups in total. The Labute approximate surface area is 146 Å². The molecule has 0 unspecified atom stereocenters. The number of amides is 2. The van der Waals surface area contributed by atoms with Crippen LogP contribution < -0.4 is 10.6 Å². The number of aromatic carboxylic acids is 1. The molecular weight excluding hydrogens is 320 g/mol. The number of allylic oxidation sites excluding steroid dienone is 6. The van der Waals surface area contributed by atoms with Crippen LogP contribution in [0.4, 0.5) is 11.4 Å². The number of hydrogen-bond donors (Lipinski definition) is 3. The van der Waals surface area contributed by atoms with Crippen LogP contribution in [0.15, 0.2) is 66.8 Å². The molecule has 1 aromatic carbocycles. The maximum Gasteiger partial charge on any atom is 0.335 e. The molecular formula is C19H20N2O4. The fourth-order valence-corrected chi connectivity index (χ4v) is 1.77. The Morgan fingerprint density at radius 1 is 0.800 bits per heavy atom. The van der Waals surface area contributed by atoms with E-state index in [-0.39, 0.29) is 16.9 Å². The van der Waals surface area contributed by atoms with Gasteiger partial charge in [0.2, 0.25) is 11.8 Å². The molecule has 6 nitrogen and oxygen atoms in total. The van der Waals surface area contributed by atoms with Gasteiger partial charge in [-0.25, -0.2) is 4.79 Å². The highest BCUT2D eigenvalue weighted by molar-refractivity contribution is 6.03. The number of carbonyl (C=O) groups is 3. The SMILES string of the molecule is CC=CC=CC(=O)Nc1cc(NC(=O)C=CC=CC)cc(C(=O)O)c1. The van der Waals surface area contributed by atoms with E-state index in [1.54, 1.807) is 36.5 Å². The first-order valence-corrected chi connectivity index (χ1v) is 7.55. The van der Waals surface area contributed by atoms with Crippen molar-refractivity contribution in [2.24, 2.45) is 0 Å². The fraction of sp³-hybridized carbons (Fsp3) is 0.105. The lowest BCUT2D eigenvalue weighted by Crippen LogP contribution is -2.12. The lowest BCUT2D eigenvalue weighted by atomic mass is 10.1. The molecule has 0 bridgehead atoms. The zero-order valence-electron chi connectivity index (χ0n) is 14.0. The summed E-state index contributed by atoms with van der Waals surface area (Å²) in [7, 11) is 0. The number of anilines is 2. The first kappa shape index (κ1) is 19.6. The van der Waals surface area contributed by atoms with Gasteiger partial charge in [0, 0.05) is 23.5 Å². The van der Waals surface area contributed by atoms with Crippen molar-refractivity contribution in [2.45, 2.75) is 13.8 Å². The van der Waals surface area contributed by atoms with Crippen LogP contribution in [-0.2, 0) is 9.59 Å². The second-order valence-corrected chi connectivity index (χ2v) is 4.85. The Balaban J connectivity index is 2.99. The van der Waals surface area contributed by atoms with Gasteiger partial charge in [-0.3, -0.25) is 9.59 Å². The summed E-state index contributed by atoms with van der Waals surface area (Å²) in [6.07, 6.45) is 12.7. The standard InChI is InChI=1S/C19H20N2O4/c1-3-5-7-9-17(22)20-15-11-14(19(24)25)12-16(13-15)21-18(23)10-8-6-4-2/h3-13H,1-2H3,(H,20,22)(H,21,23)(H,24,25). The van der Waals surface area contributed by atoms with Crippen molar-refractivity contribution >= 4 is 29.2 Å². The molecule has 0 heterocycles. The van der Waals surface area contributed by atoms with E-state index in [4.69, 9.17) is 0 Å². The Morgan fingerprint density at radius 2 is 1.24 bits per heavy atom. The molecule has 6 heteroatoms. The van der Waals surface area contributed by atoms with Crippen LogP contribution in [0.5, 0.6) is 0 Å². The summed E-state index contributed by atoms with van der Waals surface area (Å²) >= 11 is 0. The molecule has 0 saturated carbocycles. The third kappa shape index (κ3) is 7.60. The van der Waals surface area contributed by atoms with Crippen molar-refractivity contribution in [1.29, 1.82) is 0 Å². The molecule has 0 spiro atoms. The largest absolute Gasteiger partial charge is 0.478 e. The molecule has 25 heavy (non-hydrogen) atoms. The topological polar surface area (TPSA) is 95.5 Å². The van der Waals surface area contributed by atoms with Gasteiger partial charge in [0.15, 0.2) is 0 Å². The van der Waals surface area contributed by atoms with Gasteiger partial charge in [0.25, 0.3) is 0 Å². The van der Waals surface area contributed by atoms with Gasteiger partial charge in [-0.15, -0.1) is 0 Å². The number of carboxylic acids is 1. The molecule has 2 amide bonds. The molecule has 0 saturated heterocycles. The lowest BCUT2D eigenvalue weighted by Gasteiger charge is -2.08. The van der Waals surface area contributed by atoms with E-state index >= 15 is 0 Å². The quantitative estimate of drug-likeness (QED) is 0.523. The van der Waals surface area contributed by atoms with Gasteiger partial charge in [0.05, 0.1) is 5.56 Å². The predicted molar refractivity (Wildman–Crippen MR) is 98.6 cm³/mol. The van der Waals surface area contributed by atoms with Crippen molar-refractivity contribution in [2.75, 3.05) is 10.6 Å². The minimum atomic E-state index is -1.17. The molecule has 0 aliphatic carbocycles. The first-order chi connectivity index (χ1) is 12.0. The maximum absolute atomic E-state index is 11.8. The van der Waals surface area contributed by atoms with Crippen LogP contribution in [0.25, 0.3) is 0 Å². The zero-order chi connectivity index (χ0) is 18.7. The van der Waals surface area contributed by atoms with Crippen LogP contribution in [0, 0.1) is 0 Å². The Hall–Kier alpha value is -3.41. The third-order valence-corrected chi connectivity index (χ3v) is 2.82. The molecule has 0 aromatic heterocycles. The minimum Gasteiger partial charge on any atom is -0.478 e. The summed E-state index contributed by atoms with van der Waals surface area (Å²) in [5.41, 5.74) is 0.480. The third-order valence-electron chi connectivity index (χ3n) is 2.82. The molecule has 0 fully saturated rings. The van der Waals surface area contributed by atoms with E-state index in [1.165, 1.54) is 30.4 Å². The highest BCUT2D eigenvalue weighted by Gasteiger charge is 2.09. The van der Waals surface area contributed by atoms with Crippen LogP contribution in [0.2, 0.25) is 0 Å². The normalized spacial score (nSPS) is 11.6. The maximum atomic E-state index is 11.8. The molecule has 1 aromatic rings. The number of carbonyl (C=O) groups excluding carboxylic acids is 2. The van der Waals surface area contributed by atoms with Gasteiger partial charge < -0.3 is 15.7 Å². The van der Waals surface area contributed by atoms with Crippen molar-refractivity contribution in [3.05, 3.63) is 72.4 Å². The minimum absolute atomic E-state index is 0.0528. The van der Waals surface area contributed by atoms with E-state index < -0.39 is 17.8 Å². The van der Waals surface area contributed by atoms with Gasteiger partial charge in [-0.05, 0) is 32.0 Å². The van der Waals surface area contributed by atoms with Crippen LogP contribution in [0.1, 0.15) is 24.2 Å². The average Bonchev–Trinajstić information content (AvgIpc) is 2.55. The molecule has 1 rings (SSSR count). The molecule has 0 aliphatic rings. The van der Waals surface area contributed by atoms with Crippen molar-refractivity contribution < 1.29 is 19.5 Å². The summed E-state index contributed by atoms with van der Waals surface area (Å²) < 4.78 is 0. The Kier molecular flexibility index (Phi) is 8.15. The van der Waals surface area contributed by atoms with E-state index in [0.717, 1.165) is 0 Å². The summed E-state index contributed by atoms with van der Waals surface area (Å²) in [5, 5.41) is 14.3. The van der Waals surface area contributed by atoms with Crippen molar-refractivity contribution in [3.63, 3.8) is 0 Å². The van der Waals surface area contributed by atoms with Crippen molar-refractivity contribution in [1.82, 2.24) is 0 Å². The van der Waals surface area contributed by atoms with Crippen molar-refractivity contribution in [3.8, 4) is 0 Å². The molecule has 0 radical (unpaired) electrons. The van der Waals surface area contributed by atoms with E-state index in [0.29, 0.717) is 0 Å². The monoisotopic (exact) mass is 340 g/mol. The van der Waals surface area contributed by atoms with Crippen LogP contribution >= 0.6 is 0 Å². The number of nitrogens with one attached hydrogen (secondary N) is 2. The Bertz CT molecular complexity index is 704. The number of hydrogen-bond acceptors (Lipinski definition) is 3. The molecule has 130 valence electrons. The molecule has 0 aliphatic heterocycles. The van der Waals surface area contributed by atoms with Gasteiger partial charge in [-0.2, -0.15) is 0 Å². The first-order valence-electron chi connectivity index (χ1n) is 7.55. The second-order valence-electron chi connectivity index (χ2n) is 4.85. The summed E-state index contributed by atoms with van der Waals surface area (Å²) in [6, 6.07) is 4.11. The highest BCUT2D eigenvalue weighted by Crippen LogP contribution is 2.19. The van der Waals surface area contributed by atoms with Crippen LogP contribution in [0.3, 0.4) is 0 Å². The number of benzene rings is 1. The summed E-state index contributed by atoms with van der Waals surface area (Å²) in [5.74, 6) is -1.99. The van der Waals surface area contributed by atoms with E-state index in [2.05, 4.69) is 10.6 Å². The van der Waals surface area contributed by atoms with E-state index in [9.17, 15) is 19.5 Å². The van der Waals surface area contributed by atoms with Gasteiger partial charge in [0.1, 0.15) is 0 Å². The van der Waals surface area contributed by atoms with Crippen LogP contribution in [-0.4, -0.2) is 22.9 Å². The summed E-state index contributed by atoms with van der Waals surface area (Å²) in [6.45, 7) is 3.64. The smallest absolute Gasteiger partial charge is 0.335 e. The summed E-state index contributed by atoms with van der Waals surface area (Å²) in [4.78, 5) is 34.8. The zero-order valence-corrected chi connectivity index (χ0v) is 14.0. The number of rotatable bonds is 7. The van der Waals surface area contributed by atoms with Gasteiger partial charge in [-0.1, -0.05) is 36.5 Å². The predicted octanol–water partition coefficient (Wildman–Crippen LogP) is 3.53. The fourth-order valence-electron chi connectivity index (χ4n) is 1.77.